The van der Waals surface area contributed by atoms with E-state index in [0.29, 0.717) is 5.69 Å². The molecule has 0 amide bonds. The Kier molecular flexibility index (Phi) is 3.07. The summed E-state index contributed by atoms with van der Waals surface area (Å²) in [6.07, 6.45) is 0. The zero-order chi connectivity index (χ0) is 13.1. The van der Waals surface area contributed by atoms with Gasteiger partial charge in [0.1, 0.15) is 18.3 Å². The molecule has 0 fully saturated rings. The fourth-order valence-corrected chi connectivity index (χ4v) is 1.74. The number of benzene rings is 1. The van der Waals surface area contributed by atoms with Crippen molar-refractivity contribution in [2.24, 2.45) is 0 Å². The van der Waals surface area contributed by atoms with E-state index in [-0.39, 0.29) is 12.2 Å². The van der Waals surface area contributed by atoms with Crippen LogP contribution in [0.3, 0.4) is 0 Å². The molecule has 0 aliphatic heterocycles. The quantitative estimate of drug-likeness (QED) is 0.799. The van der Waals surface area contributed by atoms with Crippen molar-refractivity contribution >= 4 is 0 Å². The van der Waals surface area contributed by atoms with Crippen LogP contribution in [0, 0.1) is 36.5 Å². The van der Waals surface area contributed by atoms with Crippen LogP contribution in [-0.4, -0.2) is 15.0 Å². The molecule has 0 radical (unpaired) electrons. The molecule has 5 heteroatoms. The van der Waals surface area contributed by atoms with Gasteiger partial charge < -0.3 is 0 Å². The first-order valence-corrected chi connectivity index (χ1v) is 5.45. The minimum absolute atomic E-state index is 0.0803. The maximum absolute atomic E-state index is 9.04. The number of nitrogens with zero attached hydrogens (tertiary/aromatic N) is 5. The summed E-state index contributed by atoms with van der Waals surface area (Å²) in [6, 6.07) is 9.88. The zero-order valence-electron chi connectivity index (χ0n) is 10.2. The van der Waals surface area contributed by atoms with E-state index in [1.54, 1.807) is 0 Å². The fraction of sp³-hybridized carbons (Fsp3) is 0.231. The van der Waals surface area contributed by atoms with Crippen LogP contribution < -0.4 is 0 Å². The summed E-state index contributed by atoms with van der Waals surface area (Å²) in [4.78, 5) is 0. The van der Waals surface area contributed by atoms with E-state index in [9.17, 15) is 0 Å². The molecule has 1 aromatic carbocycles. The van der Waals surface area contributed by atoms with Crippen LogP contribution in [0.2, 0.25) is 0 Å². The molecule has 18 heavy (non-hydrogen) atoms. The summed E-state index contributed by atoms with van der Waals surface area (Å²) >= 11 is 0. The van der Waals surface area contributed by atoms with E-state index in [2.05, 4.69) is 10.3 Å². The highest BCUT2D eigenvalue weighted by Gasteiger charge is 2.14. The minimum Gasteiger partial charge on any atom is -0.229 e. The van der Waals surface area contributed by atoms with E-state index in [1.807, 2.05) is 44.2 Å². The lowest BCUT2D eigenvalue weighted by Gasteiger charge is -2.06. The molecule has 2 aromatic rings. The monoisotopic (exact) mass is 237 g/mol. The molecular weight excluding hydrogens is 226 g/mol. The molecule has 5 nitrogen and oxygen atoms in total. The van der Waals surface area contributed by atoms with Gasteiger partial charge in [0, 0.05) is 5.56 Å². The number of hydrogen-bond acceptors (Lipinski definition) is 4. The smallest absolute Gasteiger partial charge is 0.190 e. The Morgan fingerprint density at radius 1 is 1.22 bits per heavy atom. The van der Waals surface area contributed by atoms with Gasteiger partial charge in [-0.05, 0) is 31.0 Å². The average Bonchev–Trinajstić information content (AvgIpc) is 2.76. The maximum atomic E-state index is 9.04. The Balaban J connectivity index is 2.62. The van der Waals surface area contributed by atoms with Crippen LogP contribution in [0.15, 0.2) is 18.2 Å². The minimum atomic E-state index is 0.0803. The molecule has 0 bridgehead atoms. The van der Waals surface area contributed by atoms with Crippen molar-refractivity contribution < 1.29 is 0 Å². The molecule has 0 aliphatic carbocycles. The van der Waals surface area contributed by atoms with E-state index >= 15 is 0 Å². The summed E-state index contributed by atoms with van der Waals surface area (Å²) in [6.45, 7) is 4.11. The van der Waals surface area contributed by atoms with Gasteiger partial charge in [0.2, 0.25) is 0 Å². The predicted octanol–water partition coefficient (Wildman–Crippen LogP) is 1.96. The van der Waals surface area contributed by atoms with Crippen molar-refractivity contribution in [3.8, 4) is 23.4 Å². The third-order valence-electron chi connectivity index (χ3n) is 2.84. The first-order chi connectivity index (χ1) is 8.67. The van der Waals surface area contributed by atoms with Gasteiger partial charge in [-0.15, -0.1) is 5.10 Å². The Bertz CT molecular complexity index is 670. The van der Waals surface area contributed by atoms with E-state index < -0.39 is 0 Å². The lowest BCUT2D eigenvalue weighted by atomic mass is 10.0. The summed E-state index contributed by atoms with van der Waals surface area (Å²) < 4.78 is 1.45. The summed E-state index contributed by atoms with van der Waals surface area (Å²) in [7, 11) is 0. The second kappa shape index (κ2) is 4.68. The van der Waals surface area contributed by atoms with Crippen LogP contribution in [0.4, 0.5) is 0 Å². The van der Waals surface area contributed by atoms with Gasteiger partial charge in [0.05, 0.1) is 6.07 Å². The van der Waals surface area contributed by atoms with Gasteiger partial charge in [-0.3, -0.25) is 0 Å². The van der Waals surface area contributed by atoms with Crippen LogP contribution in [0.25, 0.3) is 11.3 Å². The van der Waals surface area contributed by atoms with Crippen molar-refractivity contribution in [1.29, 1.82) is 10.5 Å². The normalized spacial score (nSPS) is 9.78. The molecule has 1 aromatic heterocycles. The van der Waals surface area contributed by atoms with Gasteiger partial charge in [0.15, 0.2) is 5.69 Å². The van der Waals surface area contributed by atoms with Crippen LogP contribution in [0.1, 0.15) is 16.8 Å². The molecule has 1 heterocycles. The maximum Gasteiger partial charge on any atom is 0.190 e. The van der Waals surface area contributed by atoms with Gasteiger partial charge >= 0.3 is 0 Å². The molecule has 0 atom stereocenters. The van der Waals surface area contributed by atoms with Crippen LogP contribution in [0.5, 0.6) is 0 Å². The SMILES string of the molecule is Cc1ccc(-c2c(C#N)nnn2CC#N)cc1C. The van der Waals surface area contributed by atoms with Crippen LogP contribution in [-0.2, 0) is 6.54 Å². The summed E-state index contributed by atoms with van der Waals surface area (Å²) in [5.74, 6) is 0. The number of hydrogen-bond donors (Lipinski definition) is 0. The lowest BCUT2D eigenvalue weighted by molar-refractivity contribution is 0.674. The van der Waals surface area contributed by atoms with E-state index in [4.69, 9.17) is 10.5 Å². The molecule has 0 unspecified atom stereocenters. The van der Waals surface area contributed by atoms with Crippen molar-refractivity contribution in [3.05, 3.63) is 35.0 Å². The fourth-order valence-electron chi connectivity index (χ4n) is 1.74. The Labute approximate surface area is 105 Å². The average molecular weight is 237 g/mol. The molecule has 0 saturated heterocycles. The molecule has 88 valence electrons. The third-order valence-corrected chi connectivity index (χ3v) is 2.84. The van der Waals surface area contributed by atoms with Gasteiger partial charge in [-0.25, -0.2) is 4.68 Å². The lowest BCUT2D eigenvalue weighted by Crippen LogP contribution is -2.01. The number of aromatic nitrogens is 3. The van der Waals surface area contributed by atoms with Gasteiger partial charge in [0.25, 0.3) is 0 Å². The van der Waals surface area contributed by atoms with Gasteiger partial charge in [-0.1, -0.05) is 17.3 Å². The molecular formula is C13H11N5. The molecule has 2 rings (SSSR count). The molecule has 0 saturated carbocycles. The Morgan fingerprint density at radius 3 is 2.61 bits per heavy atom. The standard InChI is InChI=1S/C13H11N5/c1-9-3-4-11(7-10(9)2)13-12(8-15)16-17-18(13)6-5-14/h3-4,7H,6H2,1-2H3. The van der Waals surface area contributed by atoms with E-state index in [0.717, 1.165) is 11.1 Å². The Hall–Kier alpha value is -2.66. The van der Waals surface area contributed by atoms with Crippen LogP contribution >= 0.6 is 0 Å². The summed E-state index contributed by atoms with van der Waals surface area (Å²) in [5, 5.41) is 25.4. The molecule has 0 spiro atoms. The largest absolute Gasteiger partial charge is 0.229 e. The van der Waals surface area contributed by atoms with Gasteiger partial charge in [-0.2, -0.15) is 10.5 Å². The van der Waals surface area contributed by atoms with Crippen molar-refractivity contribution in [3.63, 3.8) is 0 Å². The highest BCUT2D eigenvalue weighted by Crippen LogP contribution is 2.24. The third kappa shape index (κ3) is 1.94. The first kappa shape index (κ1) is 11.8. The molecule has 0 aliphatic rings. The predicted molar refractivity (Wildman–Crippen MR) is 65.3 cm³/mol. The first-order valence-electron chi connectivity index (χ1n) is 5.45. The van der Waals surface area contributed by atoms with Crippen molar-refractivity contribution in [2.75, 3.05) is 0 Å². The highest BCUT2D eigenvalue weighted by molar-refractivity contribution is 5.66. The van der Waals surface area contributed by atoms with Crippen molar-refractivity contribution in [1.82, 2.24) is 15.0 Å². The molecule has 0 N–H and O–H groups in total. The Morgan fingerprint density at radius 2 is 2.00 bits per heavy atom. The zero-order valence-corrected chi connectivity index (χ0v) is 10.2. The van der Waals surface area contributed by atoms with Crippen molar-refractivity contribution in [2.45, 2.75) is 20.4 Å². The topological polar surface area (TPSA) is 78.3 Å². The number of aryl methyl sites for hydroxylation is 2. The van der Waals surface area contributed by atoms with E-state index in [1.165, 1.54) is 10.2 Å². The summed E-state index contributed by atoms with van der Waals surface area (Å²) in [5.41, 5.74) is 4.00. The number of nitriles is 2. The highest BCUT2D eigenvalue weighted by atomic mass is 15.4. The number of rotatable bonds is 2. The second-order valence-corrected chi connectivity index (χ2v) is 4.01. The second-order valence-electron chi connectivity index (χ2n) is 4.01.